The van der Waals surface area contributed by atoms with Gasteiger partial charge in [-0.1, -0.05) is 19.1 Å². The number of piperazine rings is 1. The first-order valence-corrected chi connectivity index (χ1v) is 8.40. The van der Waals surface area contributed by atoms with Crippen molar-refractivity contribution in [3.8, 4) is 6.07 Å². The zero-order valence-electron chi connectivity index (χ0n) is 14.1. The van der Waals surface area contributed by atoms with Crippen LogP contribution in [0.2, 0.25) is 0 Å². The van der Waals surface area contributed by atoms with Gasteiger partial charge in [-0.25, -0.2) is 0 Å². The van der Waals surface area contributed by atoms with Gasteiger partial charge in [0.1, 0.15) is 11.6 Å². The Morgan fingerprint density at radius 3 is 2.67 bits per heavy atom. The van der Waals surface area contributed by atoms with Crippen molar-refractivity contribution in [3.63, 3.8) is 0 Å². The molecule has 1 amide bonds. The summed E-state index contributed by atoms with van der Waals surface area (Å²) in [5.74, 6) is -0.342. The number of anilines is 1. The monoisotopic (exact) mass is 327 g/mol. The van der Waals surface area contributed by atoms with Crippen molar-refractivity contribution >= 4 is 11.6 Å². The largest absolute Gasteiger partial charge is 0.360 e. The first-order valence-electron chi connectivity index (χ1n) is 8.40. The van der Waals surface area contributed by atoms with E-state index in [2.05, 4.69) is 27.8 Å². The van der Waals surface area contributed by atoms with E-state index in [0.29, 0.717) is 6.54 Å². The zero-order chi connectivity index (χ0) is 17.2. The number of aryl methyl sites for hydroxylation is 1. The molecule has 6 heteroatoms. The molecule has 0 aromatic heterocycles. The Kier molecular flexibility index (Phi) is 7.27. The minimum Gasteiger partial charge on any atom is -0.360 e. The van der Waals surface area contributed by atoms with Crippen LogP contribution < -0.4 is 16.0 Å². The molecule has 1 heterocycles. The lowest BCUT2D eigenvalue weighted by Crippen LogP contribution is -2.46. The second kappa shape index (κ2) is 9.71. The predicted octanol–water partition coefficient (Wildman–Crippen LogP) is 1.09. The summed E-state index contributed by atoms with van der Waals surface area (Å²) in [7, 11) is 0. The van der Waals surface area contributed by atoms with Crippen LogP contribution in [0.5, 0.6) is 0 Å². The molecule has 1 fully saturated rings. The molecule has 0 aliphatic carbocycles. The molecule has 1 saturated heterocycles. The summed E-state index contributed by atoms with van der Waals surface area (Å²) in [4.78, 5) is 14.4. The Labute approximate surface area is 143 Å². The molecule has 1 aromatic rings. The Hall–Kier alpha value is -2.36. The number of nitrogens with zero attached hydrogens (tertiary/aromatic N) is 2. The van der Waals surface area contributed by atoms with Gasteiger partial charge in [0.2, 0.25) is 0 Å². The van der Waals surface area contributed by atoms with Crippen LogP contribution in [0, 0.1) is 11.3 Å². The fourth-order valence-electron chi connectivity index (χ4n) is 2.50. The number of carbonyl (C=O) groups is 1. The van der Waals surface area contributed by atoms with Crippen molar-refractivity contribution in [2.75, 3.05) is 44.6 Å². The molecular weight excluding hydrogens is 302 g/mol. The molecule has 24 heavy (non-hydrogen) atoms. The van der Waals surface area contributed by atoms with E-state index < -0.39 is 0 Å². The average molecular weight is 327 g/mol. The van der Waals surface area contributed by atoms with Gasteiger partial charge in [0.25, 0.3) is 5.91 Å². The van der Waals surface area contributed by atoms with Crippen LogP contribution in [0.1, 0.15) is 12.5 Å². The summed E-state index contributed by atoms with van der Waals surface area (Å²) < 4.78 is 0. The number of nitrogens with one attached hydrogen (secondary N) is 3. The van der Waals surface area contributed by atoms with Crippen molar-refractivity contribution in [2.45, 2.75) is 13.3 Å². The molecule has 1 aliphatic rings. The summed E-state index contributed by atoms with van der Waals surface area (Å²) in [6.07, 6.45) is 2.44. The third-order valence-corrected chi connectivity index (χ3v) is 4.03. The number of benzene rings is 1. The Morgan fingerprint density at radius 1 is 1.33 bits per heavy atom. The molecule has 128 valence electrons. The maximum atomic E-state index is 12.1. The number of rotatable bonds is 7. The molecule has 2 rings (SSSR count). The lowest BCUT2D eigenvalue weighted by molar-refractivity contribution is -0.117. The van der Waals surface area contributed by atoms with Crippen LogP contribution in [0.25, 0.3) is 0 Å². The fraction of sp³-hybridized carbons (Fsp3) is 0.444. The van der Waals surface area contributed by atoms with E-state index >= 15 is 0 Å². The smallest absolute Gasteiger partial charge is 0.263 e. The lowest BCUT2D eigenvalue weighted by atomic mass is 10.1. The molecule has 0 radical (unpaired) electrons. The van der Waals surface area contributed by atoms with Crippen LogP contribution in [-0.2, 0) is 11.2 Å². The summed E-state index contributed by atoms with van der Waals surface area (Å²) in [6, 6.07) is 9.87. The van der Waals surface area contributed by atoms with Crippen molar-refractivity contribution in [3.05, 3.63) is 41.6 Å². The number of nitriles is 1. The van der Waals surface area contributed by atoms with Crippen LogP contribution in [0.15, 0.2) is 36.0 Å². The third kappa shape index (κ3) is 5.69. The number of carbonyl (C=O) groups excluding carboxylic acids is 1. The van der Waals surface area contributed by atoms with E-state index in [9.17, 15) is 4.79 Å². The fourth-order valence-corrected chi connectivity index (χ4v) is 2.50. The zero-order valence-corrected chi connectivity index (χ0v) is 14.1. The van der Waals surface area contributed by atoms with Crippen LogP contribution >= 0.6 is 0 Å². The number of amides is 1. The Morgan fingerprint density at radius 2 is 2.04 bits per heavy atom. The SMILES string of the molecule is CCc1ccc(N/C=C(/C#N)C(=O)NCCN2CCNCC2)cc1. The van der Waals surface area contributed by atoms with E-state index in [-0.39, 0.29) is 11.5 Å². The van der Waals surface area contributed by atoms with Gasteiger partial charge < -0.3 is 16.0 Å². The highest BCUT2D eigenvalue weighted by atomic mass is 16.1. The van der Waals surface area contributed by atoms with Gasteiger partial charge in [0.05, 0.1) is 0 Å². The first-order chi connectivity index (χ1) is 11.7. The van der Waals surface area contributed by atoms with Crippen LogP contribution in [0.3, 0.4) is 0 Å². The van der Waals surface area contributed by atoms with Crippen molar-refractivity contribution in [2.24, 2.45) is 0 Å². The summed E-state index contributed by atoms with van der Waals surface area (Å²) in [6.45, 7) is 7.40. The predicted molar refractivity (Wildman–Crippen MR) is 95.5 cm³/mol. The second-order valence-corrected chi connectivity index (χ2v) is 5.71. The van der Waals surface area contributed by atoms with E-state index in [1.807, 2.05) is 30.3 Å². The molecule has 0 atom stereocenters. The molecule has 3 N–H and O–H groups in total. The van der Waals surface area contributed by atoms with Gasteiger partial charge in [0, 0.05) is 51.2 Å². The minimum atomic E-state index is -0.342. The van der Waals surface area contributed by atoms with Crippen molar-refractivity contribution < 1.29 is 4.79 Å². The normalized spacial score (nSPS) is 15.6. The molecule has 6 nitrogen and oxygen atoms in total. The van der Waals surface area contributed by atoms with Crippen LogP contribution in [0.4, 0.5) is 5.69 Å². The van der Waals surface area contributed by atoms with Gasteiger partial charge in [-0.05, 0) is 24.1 Å². The highest BCUT2D eigenvalue weighted by Gasteiger charge is 2.11. The van der Waals surface area contributed by atoms with Crippen molar-refractivity contribution in [1.29, 1.82) is 5.26 Å². The Balaban J connectivity index is 1.80. The average Bonchev–Trinajstić information content (AvgIpc) is 2.63. The molecule has 0 bridgehead atoms. The molecule has 0 unspecified atom stereocenters. The summed E-state index contributed by atoms with van der Waals surface area (Å²) in [5, 5.41) is 18.3. The van der Waals surface area contributed by atoms with E-state index in [1.54, 1.807) is 0 Å². The van der Waals surface area contributed by atoms with E-state index in [4.69, 9.17) is 5.26 Å². The number of hydrogen-bond acceptors (Lipinski definition) is 5. The molecule has 1 aliphatic heterocycles. The van der Waals surface area contributed by atoms with Gasteiger partial charge >= 0.3 is 0 Å². The standard InChI is InChI=1S/C18H25N5O/c1-2-15-3-5-17(6-4-15)22-14-16(13-19)18(24)21-9-12-23-10-7-20-8-11-23/h3-6,14,20,22H,2,7-12H2,1H3,(H,21,24)/b16-14-. The van der Waals surface area contributed by atoms with Gasteiger partial charge in [-0.15, -0.1) is 0 Å². The molecule has 0 saturated carbocycles. The van der Waals surface area contributed by atoms with E-state index in [1.165, 1.54) is 11.8 Å². The first kappa shape index (κ1) is 18.0. The lowest BCUT2D eigenvalue weighted by Gasteiger charge is -2.27. The number of hydrogen-bond donors (Lipinski definition) is 3. The van der Waals surface area contributed by atoms with Gasteiger partial charge in [0.15, 0.2) is 0 Å². The summed E-state index contributed by atoms with van der Waals surface area (Å²) >= 11 is 0. The highest BCUT2D eigenvalue weighted by Crippen LogP contribution is 2.10. The van der Waals surface area contributed by atoms with Crippen LogP contribution in [-0.4, -0.2) is 50.1 Å². The van der Waals surface area contributed by atoms with Gasteiger partial charge in [-0.3, -0.25) is 9.69 Å². The minimum absolute atomic E-state index is 0.0786. The highest BCUT2D eigenvalue weighted by molar-refractivity contribution is 5.97. The van der Waals surface area contributed by atoms with Gasteiger partial charge in [-0.2, -0.15) is 5.26 Å². The molecular formula is C18H25N5O. The second-order valence-electron chi connectivity index (χ2n) is 5.71. The molecule has 1 aromatic carbocycles. The topological polar surface area (TPSA) is 80.2 Å². The molecule has 0 spiro atoms. The third-order valence-electron chi connectivity index (χ3n) is 4.03. The Bertz CT molecular complexity index is 597. The maximum absolute atomic E-state index is 12.1. The van der Waals surface area contributed by atoms with E-state index in [0.717, 1.165) is 44.8 Å². The van der Waals surface area contributed by atoms with Crippen molar-refractivity contribution in [1.82, 2.24) is 15.5 Å². The summed E-state index contributed by atoms with van der Waals surface area (Å²) in [5.41, 5.74) is 2.18. The quantitative estimate of drug-likeness (QED) is 0.516. The maximum Gasteiger partial charge on any atom is 0.263 e.